The minimum atomic E-state index is -0.225. The van der Waals surface area contributed by atoms with Crippen molar-refractivity contribution < 1.29 is 4.79 Å². The normalized spacial score (nSPS) is 16.4. The molecule has 8 nitrogen and oxygen atoms in total. The molecular weight excluding hydrogens is 354 g/mol. The van der Waals surface area contributed by atoms with E-state index in [1.54, 1.807) is 7.05 Å². The van der Waals surface area contributed by atoms with Gasteiger partial charge in [0.2, 0.25) is 5.82 Å². The second-order valence-corrected chi connectivity index (χ2v) is 7.06. The summed E-state index contributed by atoms with van der Waals surface area (Å²) in [5, 5.41) is 17.9. The molecule has 1 aromatic heterocycles. The van der Waals surface area contributed by atoms with Crippen molar-refractivity contribution in [1.82, 2.24) is 30.4 Å². The van der Waals surface area contributed by atoms with Crippen molar-refractivity contribution in [2.45, 2.75) is 19.0 Å². The van der Waals surface area contributed by atoms with E-state index in [9.17, 15) is 4.79 Å². The van der Waals surface area contributed by atoms with Gasteiger partial charge in [-0.05, 0) is 41.9 Å². The molecule has 0 saturated heterocycles. The summed E-state index contributed by atoms with van der Waals surface area (Å²) in [6.07, 6.45) is 0.931. The molecule has 0 fully saturated rings. The Kier molecular flexibility index (Phi) is 5.03. The second kappa shape index (κ2) is 7.77. The first-order valence-electron chi connectivity index (χ1n) is 9.25. The number of hydrogen-bond donors (Lipinski definition) is 2. The van der Waals surface area contributed by atoms with Crippen LogP contribution in [0.2, 0.25) is 0 Å². The highest BCUT2D eigenvalue weighted by molar-refractivity contribution is 5.89. The number of rotatable bonds is 4. The SMILES string of the molecule is CN1Cc2ccccc2C[C@H]1CNC(=O)Nc1cccc(-c2nnn(C)n2)c1. The summed E-state index contributed by atoms with van der Waals surface area (Å²) in [6.45, 7) is 1.49. The Balaban J connectivity index is 1.35. The molecule has 2 N–H and O–H groups in total. The summed E-state index contributed by atoms with van der Waals surface area (Å²) in [7, 11) is 3.81. The zero-order valence-corrected chi connectivity index (χ0v) is 16.0. The highest BCUT2D eigenvalue weighted by atomic mass is 16.2. The lowest BCUT2D eigenvalue weighted by Gasteiger charge is -2.34. The first kappa shape index (κ1) is 18.1. The van der Waals surface area contributed by atoms with Gasteiger partial charge in [0.25, 0.3) is 0 Å². The molecule has 1 aliphatic heterocycles. The minimum absolute atomic E-state index is 0.225. The Labute approximate surface area is 163 Å². The smallest absolute Gasteiger partial charge is 0.319 e. The third-order valence-corrected chi connectivity index (χ3v) is 5.00. The number of carbonyl (C=O) groups excluding carboxylic acids is 1. The van der Waals surface area contributed by atoms with Crippen molar-refractivity contribution in [3.05, 3.63) is 59.7 Å². The van der Waals surface area contributed by atoms with Gasteiger partial charge in [-0.3, -0.25) is 4.90 Å². The van der Waals surface area contributed by atoms with Crippen LogP contribution in [0.5, 0.6) is 0 Å². The third-order valence-electron chi connectivity index (χ3n) is 5.00. The summed E-state index contributed by atoms with van der Waals surface area (Å²) in [4.78, 5) is 16.1. The Morgan fingerprint density at radius 3 is 2.75 bits per heavy atom. The van der Waals surface area contributed by atoms with Crippen LogP contribution in [0.4, 0.5) is 10.5 Å². The first-order chi connectivity index (χ1) is 13.6. The van der Waals surface area contributed by atoms with Crippen LogP contribution in [0.1, 0.15) is 11.1 Å². The van der Waals surface area contributed by atoms with E-state index in [2.05, 4.69) is 62.3 Å². The lowest BCUT2D eigenvalue weighted by Crippen LogP contribution is -2.46. The molecule has 0 unspecified atom stereocenters. The van der Waals surface area contributed by atoms with Crippen LogP contribution in [-0.2, 0) is 20.0 Å². The second-order valence-electron chi connectivity index (χ2n) is 7.06. The molecule has 1 atom stereocenters. The van der Waals surface area contributed by atoms with E-state index >= 15 is 0 Å². The number of benzene rings is 2. The van der Waals surface area contributed by atoms with E-state index in [0.717, 1.165) is 18.5 Å². The summed E-state index contributed by atoms with van der Waals surface area (Å²) in [6, 6.07) is 15.9. The minimum Gasteiger partial charge on any atom is -0.336 e. The molecule has 0 bridgehead atoms. The van der Waals surface area contributed by atoms with E-state index < -0.39 is 0 Å². The fraction of sp³-hybridized carbons (Fsp3) is 0.300. The number of likely N-dealkylation sites (N-methyl/N-ethyl adjacent to an activating group) is 1. The fourth-order valence-electron chi connectivity index (χ4n) is 3.47. The number of anilines is 1. The highest BCUT2D eigenvalue weighted by Gasteiger charge is 2.23. The summed E-state index contributed by atoms with van der Waals surface area (Å²) < 4.78 is 0. The predicted molar refractivity (Wildman–Crippen MR) is 107 cm³/mol. The molecule has 0 spiro atoms. The van der Waals surface area contributed by atoms with E-state index in [1.807, 2.05) is 24.3 Å². The summed E-state index contributed by atoms with van der Waals surface area (Å²) >= 11 is 0. The maximum atomic E-state index is 12.4. The number of amides is 2. The van der Waals surface area contributed by atoms with Gasteiger partial charge in [0.1, 0.15) is 0 Å². The lowest BCUT2D eigenvalue weighted by molar-refractivity contribution is 0.207. The maximum absolute atomic E-state index is 12.4. The van der Waals surface area contributed by atoms with Crippen LogP contribution < -0.4 is 10.6 Å². The summed E-state index contributed by atoms with van der Waals surface area (Å²) in [5.74, 6) is 0.522. The largest absolute Gasteiger partial charge is 0.336 e. The molecule has 2 heterocycles. The predicted octanol–water partition coefficient (Wildman–Crippen LogP) is 2.06. The number of aromatic nitrogens is 4. The average Bonchev–Trinajstić information content (AvgIpc) is 3.13. The number of aryl methyl sites for hydroxylation is 1. The van der Waals surface area contributed by atoms with Crippen molar-refractivity contribution in [3.63, 3.8) is 0 Å². The van der Waals surface area contributed by atoms with Gasteiger partial charge in [-0.1, -0.05) is 36.4 Å². The van der Waals surface area contributed by atoms with Crippen LogP contribution in [0.15, 0.2) is 48.5 Å². The topological polar surface area (TPSA) is 88.0 Å². The molecule has 2 aromatic carbocycles. The quantitative estimate of drug-likeness (QED) is 0.727. The number of hydrogen-bond acceptors (Lipinski definition) is 5. The lowest BCUT2D eigenvalue weighted by atomic mass is 9.94. The Morgan fingerprint density at radius 1 is 1.14 bits per heavy atom. The van der Waals surface area contributed by atoms with Crippen LogP contribution in [-0.4, -0.2) is 50.8 Å². The van der Waals surface area contributed by atoms with Gasteiger partial charge in [0, 0.05) is 30.4 Å². The number of nitrogens with one attached hydrogen (secondary N) is 2. The van der Waals surface area contributed by atoms with Gasteiger partial charge < -0.3 is 10.6 Å². The Bertz CT molecular complexity index is 984. The standard InChI is InChI=1S/C20H23N7O/c1-26-13-16-7-4-3-6-14(16)11-18(26)12-21-20(28)22-17-9-5-8-15(10-17)19-23-25-27(2)24-19/h3-10,18H,11-13H2,1-2H3,(H2,21,22,28)/t18-/m0/s1. The maximum Gasteiger partial charge on any atom is 0.319 e. The molecule has 28 heavy (non-hydrogen) atoms. The number of urea groups is 1. The molecule has 4 rings (SSSR count). The molecule has 144 valence electrons. The van der Waals surface area contributed by atoms with E-state index in [4.69, 9.17) is 0 Å². The van der Waals surface area contributed by atoms with Crippen LogP contribution in [0, 0.1) is 0 Å². The molecule has 8 heteroatoms. The zero-order chi connectivity index (χ0) is 19.5. The molecule has 0 saturated carbocycles. The number of tetrazole rings is 1. The number of carbonyl (C=O) groups is 1. The molecular formula is C20H23N7O. The van der Waals surface area contributed by atoms with Gasteiger partial charge in [0.15, 0.2) is 0 Å². The molecule has 0 aliphatic carbocycles. The van der Waals surface area contributed by atoms with Crippen LogP contribution >= 0.6 is 0 Å². The van der Waals surface area contributed by atoms with Gasteiger partial charge in [-0.15, -0.1) is 10.2 Å². The Hall–Kier alpha value is -3.26. The average molecular weight is 377 g/mol. The van der Waals surface area contributed by atoms with Gasteiger partial charge in [-0.25, -0.2) is 4.79 Å². The summed E-state index contributed by atoms with van der Waals surface area (Å²) in [5.41, 5.74) is 4.21. The number of nitrogens with zero attached hydrogens (tertiary/aromatic N) is 5. The number of fused-ring (bicyclic) bond motifs is 1. The molecule has 0 radical (unpaired) electrons. The van der Waals surface area contributed by atoms with Crippen molar-refractivity contribution in [2.75, 3.05) is 18.9 Å². The third kappa shape index (κ3) is 4.01. The van der Waals surface area contributed by atoms with Crippen molar-refractivity contribution >= 4 is 11.7 Å². The van der Waals surface area contributed by atoms with E-state index in [1.165, 1.54) is 15.9 Å². The highest BCUT2D eigenvalue weighted by Crippen LogP contribution is 2.22. The Morgan fingerprint density at radius 2 is 1.96 bits per heavy atom. The van der Waals surface area contributed by atoms with Crippen molar-refractivity contribution in [3.8, 4) is 11.4 Å². The van der Waals surface area contributed by atoms with E-state index in [0.29, 0.717) is 18.1 Å². The fourth-order valence-corrected chi connectivity index (χ4v) is 3.47. The van der Waals surface area contributed by atoms with Crippen LogP contribution in [0.3, 0.4) is 0 Å². The van der Waals surface area contributed by atoms with Gasteiger partial charge in [-0.2, -0.15) is 4.80 Å². The first-order valence-corrected chi connectivity index (χ1v) is 9.25. The van der Waals surface area contributed by atoms with Crippen molar-refractivity contribution in [1.29, 1.82) is 0 Å². The molecule has 3 aromatic rings. The van der Waals surface area contributed by atoms with Gasteiger partial charge in [0.05, 0.1) is 7.05 Å². The van der Waals surface area contributed by atoms with Crippen molar-refractivity contribution in [2.24, 2.45) is 7.05 Å². The van der Waals surface area contributed by atoms with Gasteiger partial charge >= 0.3 is 6.03 Å². The molecule has 2 amide bonds. The molecule has 1 aliphatic rings. The monoisotopic (exact) mass is 377 g/mol. The van der Waals surface area contributed by atoms with E-state index in [-0.39, 0.29) is 12.1 Å². The van der Waals surface area contributed by atoms with Crippen LogP contribution in [0.25, 0.3) is 11.4 Å². The zero-order valence-electron chi connectivity index (χ0n) is 16.0.